The minimum absolute atomic E-state index is 0.0760. The van der Waals surface area contributed by atoms with Gasteiger partial charge in [-0.2, -0.15) is 5.10 Å². The lowest BCUT2D eigenvalue weighted by Crippen LogP contribution is -2.21. The molecule has 1 fully saturated rings. The molecule has 0 N–H and O–H groups in total. The smallest absolute Gasteiger partial charge is 0.151 e. The Morgan fingerprint density at radius 2 is 1.79 bits per heavy atom. The number of pyridine rings is 1. The van der Waals surface area contributed by atoms with Crippen LogP contribution in [0.4, 0.5) is 5.82 Å². The largest absolute Gasteiger partial charge is 0.497 e. The van der Waals surface area contributed by atoms with Crippen molar-refractivity contribution >= 4 is 28.7 Å². The van der Waals surface area contributed by atoms with Gasteiger partial charge in [0.2, 0.25) is 0 Å². The summed E-state index contributed by atoms with van der Waals surface area (Å²) in [6.07, 6.45) is 3.76. The van der Waals surface area contributed by atoms with Crippen LogP contribution in [0.2, 0.25) is 0 Å². The van der Waals surface area contributed by atoms with E-state index < -0.39 is 0 Å². The monoisotopic (exact) mass is 528 g/mol. The molecule has 0 saturated carbocycles. The van der Waals surface area contributed by atoms with E-state index in [4.69, 9.17) is 4.74 Å². The fourth-order valence-electron chi connectivity index (χ4n) is 4.50. The molecule has 4 aromatic rings. The molecule has 1 aromatic carbocycles. The van der Waals surface area contributed by atoms with Crippen LogP contribution in [0.3, 0.4) is 0 Å². The van der Waals surface area contributed by atoms with Gasteiger partial charge in [0.25, 0.3) is 0 Å². The summed E-state index contributed by atoms with van der Waals surface area (Å²) >= 11 is 1.51. The first-order valence-electron chi connectivity index (χ1n) is 12.5. The van der Waals surface area contributed by atoms with E-state index in [0.29, 0.717) is 18.5 Å². The Balaban J connectivity index is 1.12. The van der Waals surface area contributed by atoms with Gasteiger partial charge in [-0.1, -0.05) is 18.2 Å². The van der Waals surface area contributed by atoms with Gasteiger partial charge in [-0.3, -0.25) is 14.6 Å². The Morgan fingerprint density at radius 1 is 0.921 bits per heavy atom. The van der Waals surface area contributed by atoms with E-state index in [2.05, 4.69) is 30.3 Å². The summed E-state index contributed by atoms with van der Waals surface area (Å²) < 4.78 is 5.23. The first-order valence-corrected chi connectivity index (χ1v) is 13.3. The fourth-order valence-corrected chi connectivity index (χ4v) is 5.50. The summed E-state index contributed by atoms with van der Waals surface area (Å²) in [5.74, 6) is 1.91. The van der Waals surface area contributed by atoms with E-state index in [0.717, 1.165) is 52.4 Å². The number of aromatic nitrogens is 5. The van der Waals surface area contributed by atoms with Crippen molar-refractivity contribution < 1.29 is 14.3 Å². The zero-order valence-corrected chi connectivity index (χ0v) is 21.9. The molecular weight excluding hydrogens is 500 g/mol. The highest BCUT2D eigenvalue weighted by Crippen LogP contribution is 2.31. The molecule has 5 rings (SSSR count). The van der Waals surface area contributed by atoms with Gasteiger partial charge in [0, 0.05) is 43.7 Å². The first-order chi connectivity index (χ1) is 18.6. The number of hydrogen-bond donors (Lipinski definition) is 0. The quantitative estimate of drug-likeness (QED) is 0.289. The van der Waals surface area contributed by atoms with Crippen LogP contribution in [0.25, 0.3) is 0 Å². The SMILES string of the molecule is COc1cccc(CC(=O)Cc2ccc(N3CCC(c4nnc(CC(=O)Cc5ccccn5)s4)C3)nn2)c1. The zero-order valence-electron chi connectivity index (χ0n) is 21.1. The predicted molar refractivity (Wildman–Crippen MR) is 144 cm³/mol. The second-order valence-corrected chi connectivity index (χ2v) is 10.4. The van der Waals surface area contributed by atoms with Gasteiger partial charge in [-0.05, 0) is 48.4 Å². The lowest BCUT2D eigenvalue weighted by molar-refractivity contribution is -0.118. The summed E-state index contributed by atoms with van der Waals surface area (Å²) in [6.45, 7) is 1.60. The van der Waals surface area contributed by atoms with Gasteiger partial charge < -0.3 is 9.64 Å². The predicted octanol–water partition coefficient (Wildman–Crippen LogP) is 3.43. The highest BCUT2D eigenvalue weighted by atomic mass is 32.1. The van der Waals surface area contributed by atoms with Crippen molar-refractivity contribution in [3.8, 4) is 5.75 Å². The van der Waals surface area contributed by atoms with Gasteiger partial charge >= 0.3 is 0 Å². The molecule has 0 amide bonds. The molecule has 3 aromatic heterocycles. The van der Waals surface area contributed by atoms with Crippen molar-refractivity contribution in [3.05, 3.63) is 87.8 Å². The molecule has 1 atom stereocenters. The summed E-state index contributed by atoms with van der Waals surface area (Å²) in [5.41, 5.74) is 2.34. The van der Waals surface area contributed by atoms with Gasteiger partial charge in [0.15, 0.2) is 5.82 Å². The average Bonchev–Trinajstić information content (AvgIpc) is 3.60. The molecule has 0 aliphatic carbocycles. The summed E-state index contributed by atoms with van der Waals surface area (Å²) in [4.78, 5) is 31.3. The molecule has 0 spiro atoms. The van der Waals surface area contributed by atoms with Crippen LogP contribution in [-0.2, 0) is 35.3 Å². The Hall–Kier alpha value is -4.05. The average molecular weight is 529 g/mol. The van der Waals surface area contributed by atoms with E-state index >= 15 is 0 Å². The van der Waals surface area contributed by atoms with Crippen LogP contribution < -0.4 is 9.64 Å². The highest BCUT2D eigenvalue weighted by Gasteiger charge is 2.28. The van der Waals surface area contributed by atoms with Crippen molar-refractivity contribution in [2.24, 2.45) is 0 Å². The van der Waals surface area contributed by atoms with Crippen LogP contribution in [0.1, 0.15) is 39.3 Å². The van der Waals surface area contributed by atoms with Crippen LogP contribution >= 0.6 is 11.3 Å². The molecule has 9 nitrogen and oxygen atoms in total. The number of ketones is 2. The number of rotatable bonds is 11. The Labute approximate surface area is 224 Å². The molecule has 1 unspecified atom stereocenters. The van der Waals surface area contributed by atoms with Gasteiger partial charge in [-0.15, -0.1) is 26.6 Å². The van der Waals surface area contributed by atoms with Gasteiger partial charge in [0.05, 0.1) is 25.6 Å². The number of carbonyl (C=O) groups is 2. The number of nitrogens with zero attached hydrogens (tertiary/aromatic N) is 6. The maximum atomic E-state index is 12.5. The van der Waals surface area contributed by atoms with Crippen molar-refractivity contribution in [3.63, 3.8) is 0 Å². The third kappa shape index (κ3) is 6.63. The minimum atomic E-state index is 0.0760. The minimum Gasteiger partial charge on any atom is -0.497 e. The van der Waals surface area contributed by atoms with E-state index in [9.17, 15) is 9.59 Å². The molecule has 10 heteroatoms. The molecular formula is C28H28N6O3S. The molecule has 0 bridgehead atoms. The number of ether oxygens (including phenoxy) is 1. The number of methoxy groups -OCH3 is 1. The number of anilines is 1. The molecule has 1 aliphatic heterocycles. The summed E-state index contributed by atoms with van der Waals surface area (Å²) in [7, 11) is 1.61. The van der Waals surface area contributed by atoms with Crippen molar-refractivity contribution in [1.82, 2.24) is 25.4 Å². The molecule has 0 radical (unpaired) electrons. The van der Waals surface area contributed by atoms with Gasteiger partial charge in [0.1, 0.15) is 27.3 Å². The molecule has 194 valence electrons. The Morgan fingerprint density at radius 3 is 2.58 bits per heavy atom. The number of hydrogen-bond acceptors (Lipinski definition) is 10. The van der Waals surface area contributed by atoms with Crippen molar-refractivity contribution in [2.45, 2.75) is 38.0 Å². The first kappa shape index (κ1) is 25.6. The van der Waals surface area contributed by atoms with Crippen LogP contribution in [0.5, 0.6) is 5.75 Å². The lowest BCUT2D eigenvalue weighted by atomic mass is 10.1. The molecule has 1 saturated heterocycles. The normalized spacial score (nSPS) is 15.0. The maximum absolute atomic E-state index is 12.5. The maximum Gasteiger partial charge on any atom is 0.151 e. The Kier molecular flexibility index (Phi) is 8.08. The summed E-state index contributed by atoms with van der Waals surface area (Å²) in [5, 5.41) is 19.0. The van der Waals surface area contributed by atoms with Crippen LogP contribution in [0, 0.1) is 0 Å². The standard InChI is InChI=1S/C28H28N6O3S/c1-37-25-7-4-5-19(14-25)13-23(35)16-22-8-9-26(31-30-22)34-12-10-20(18-34)28-33-32-27(38-28)17-24(36)15-21-6-2-3-11-29-21/h2-9,11,14,20H,10,12-13,15-18H2,1H3. The third-order valence-electron chi connectivity index (χ3n) is 6.42. The molecule has 1 aliphatic rings. The highest BCUT2D eigenvalue weighted by molar-refractivity contribution is 7.11. The molecule has 38 heavy (non-hydrogen) atoms. The van der Waals surface area contributed by atoms with Crippen LogP contribution in [-0.4, -0.2) is 57.1 Å². The summed E-state index contributed by atoms with van der Waals surface area (Å²) in [6, 6.07) is 16.9. The van der Waals surface area contributed by atoms with Gasteiger partial charge in [-0.25, -0.2) is 0 Å². The fraction of sp³-hybridized carbons (Fsp3) is 0.321. The van der Waals surface area contributed by atoms with E-state index in [-0.39, 0.29) is 30.3 Å². The second kappa shape index (κ2) is 12.0. The number of Topliss-reactive ketones (excluding diaryl/α,β-unsaturated/α-hetero) is 2. The van der Waals surface area contributed by atoms with E-state index in [1.165, 1.54) is 11.3 Å². The second-order valence-electron chi connectivity index (χ2n) is 9.31. The third-order valence-corrected chi connectivity index (χ3v) is 7.50. The van der Waals surface area contributed by atoms with Crippen molar-refractivity contribution in [1.29, 1.82) is 0 Å². The van der Waals surface area contributed by atoms with Crippen LogP contribution in [0.15, 0.2) is 60.8 Å². The van der Waals surface area contributed by atoms with E-state index in [1.54, 1.807) is 13.3 Å². The Bertz CT molecular complexity index is 1390. The number of benzene rings is 1. The lowest BCUT2D eigenvalue weighted by Gasteiger charge is -2.16. The van der Waals surface area contributed by atoms with E-state index in [1.807, 2.05) is 54.6 Å². The zero-order chi connectivity index (χ0) is 26.3. The topological polar surface area (TPSA) is 111 Å². The molecule has 4 heterocycles. The van der Waals surface area contributed by atoms with Crippen molar-refractivity contribution in [2.75, 3.05) is 25.1 Å². The number of carbonyl (C=O) groups excluding carboxylic acids is 2.